The summed E-state index contributed by atoms with van der Waals surface area (Å²) in [5, 5.41) is 9.87. The van der Waals surface area contributed by atoms with E-state index in [2.05, 4.69) is 11.1 Å². The van der Waals surface area contributed by atoms with Crippen LogP contribution in [0.2, 0.25) is 0 Å². The first-order valence-electron chi connectivity index (χ1n) is 5.58. The number of aromatic amines is 1. The van der Waals surface area contributed by atoms with Crippen LogP contribution in [0.25, 0.3) is 15.9 Å². The summed E-state index contributed by atoms with van der Waals surface area (Å²) < 4.78 is 1.91. The maximum Gasteiger partial charge on any atom is 0.260 e. The van der Waals surface area contributed by atoms with Crippen molar-refractivity contribution >= 4 is 27.2 Å². The molecule has 0 fully saturated rings. The Labute approximate surface area is 107 Å². The Morgan fingerprint density at radius 2 is 2.11 bits per heavy atom. The lowest BCUT2D eigenvalue weighted by Gasteiger charge is -1.97. The predicted octanol–water partition coefficient (Wildman–Crippen LogP) is 2.64. The van der Waals surface area contributed by atoms with E-state index in [1.54, 1.807) is 11.3 Å². The van der Waals surface area contributed by atoms with Gasteiger partial charge in [-0.3, -0.25) is 9.20 Å². The second kappa shape index (κ2) is 3.47. The van der Waals surface area contributed by atoms with Crippen molar-refractivity contribution in [3.63, 3.8) is 0 Å². The lowest BCUT2D eigenvalue weighted by molar-refractivity contribution is 1.17. The summed E-state index contributed by atoms with van der Waals surface area (Å²) in [7, 11) is 0. The number of hydrogen-bond donors (Lipinski definition) is 1. The molecule has 0 aliphatic carbocycles. The number of fused-ring (bicyclic) bond motifs is 3. The first-order chi connectivity index (χ1) is 8.54. The van der Waals surface area contributed by atoms with Crippen LogP contribution in [0.15, 0.2) is 11.0 Å². The Morgan fingerprint density at radius 1 is 1.39 bits per heavy atom. The smallest absolute Gasteiger partial charge is 0.260 e. The van der Waals surface area contributed by atoms with Crippen LogP contribution in [0.5, 0.6) is 0 Å². The molecule has 5 heteroatoms. The molecule has 3 heterocycles. The van der Waals surface area contributed by atoms with Gasteiger partial charge in [0.15, 0.2) is 0 Å². The van der Waals surface area contributed by atoms with Crippen molar-refractivity contribution in [2.45, 2.75) is 20.8 Å². The van der Waals surface area contributed by atoms with Gasteiger partial charge in [0.2, 0.25) is 0 Å². The van der Waals surface area contributed by atoms with Crippen LogP contribution >= 0.6 is 11.3 Å². The molecule has 0 aliphatic rings. The molecule has 0 aromatic carbocycles. The van der Waals surface area contributed by atoms with Gasteiger partial charge in [-0.1, -0.05) is 0 Å². The van der Waals surface area contributed by atoms with E-state index >= 15 is 0 Å². The van der Waals surface area contributed by atoms with Gasteiger partial charge in [-0.25, -0.2) is 0 Å². The summed E-state index contributed by atoms with van der Waals surface area (Å²) >= 11 is 1.59. The number of rotatable bonds is 0. The quantitative estimate of drug-likeness (QED) is 0.673. The lowest BCUT2D eigenvalue weighted by atomic mass is 10.2. The Hall–Kier alpha value is -2.06. The zero-order valence-electron chi connectivity index (χ0n) is 10.3. The summed E-state index contributed by atoms with van der Waals surface area (Å²) in [6.45, 7) is 5.84. The monoisotopic (exact) mass is 257 g/mol. The fourth-order valence-corrected chi connectivity index (χ4v) is 3.41. The molecular weight excluding hydrogens is 246 g/mol. The zero-order valence-corrected chi connectivity index (χ0v) is 11.1. The van der Waals surface area contributed by atoms with Gasteiger partial charge >= 0.3 is 0 Å². The molecule has 0 spiro atoms. The average Bonchev–Trinajstić information content (AvgIpc) is 2.78. The molecule has 0 radical (unpaired) electrons. The molecule has 0 saturated heterocycles. The maximum absolute atomic E-state index is 12.1. The molecule has 4 nitrogen and oxygen atoms in total. The number of aryl methyl sites for hydroxylation is 3. The Morgan fingerprint density at radius 3 is 2.78 bits per heavy atom. The highest BCUT2D eigenvalue weighted by Gasteiger charge is 2.16. The van der Waals surface area contributed by atoms with E-state index in [0.717, 1.165) is 26.2 Å². The first kappa shape index (κ1) is 11.1. The largest absolute Gasteiger partial charge is 0.306 e. The minimum Gasteiger partial charge on any atom is -0.306 e. The van der Waals surface area contributed by atoms with Crippen LogP contribution < -0.4 is 5.56 Å². The fourth-order valence-electron chi connectivity index (χ4n) is 2.27. The molecule has 0 amide bonds. The molecule has 3 aromatic heterocycles. The van der Waals surface area contributed by atoms with Gasteiger partial charge in [0.05, 0.1) is 10.9 Å². The Bertz CT molecular complexity index is 889. The molecule has 0 bridgehead atoms. The molecular formula is C13H11N3OS. The van der Waals surface area contributed by atoms with Crippen molar-refractivity contribution in [1.82, 2.24) is 9.38 Å². The first-order valence-corrected chi connectivity index (χ1v) is 6.40. The van der Waals surface area contributed by atoms with Crippen molar-refractivity contribution in [2.24, 2.45) is 0 Å². The minimum atomic E-state index is -0.117. The van der Waals surface area contributed by atoms with Gasteiger partial charge in [-0.05, 0) is 31.9 Å². The van der Waals surface area contributed by atoms with Crippen LogP contribution in [-0.2, 0) is 0 Å². The van der Waals surface area contributed by atoms with E-state index in [0.29, 0.717) is 11.2 Å². The van der Waals surface area contributed by atoms with Gasteiger partial charge in [0.25, 0.3) is 5.56 Å². The summed E-state index contributed by atoms with van der Waals surface area (Å²) in [4.78, 5) is 17.0. The van der Waals surface area contributed by atoms with E-state index in [1.807, 2.05) is 31.4 Å². The topological polar surface area (TPSA) is 61.1 Å². The highest BCUT2D eigenvalue weighted by Crippen LogP contribution is 2.29. The van der Waals surface area contributed by atoms with Crippen LogP contribution in [0, 0.1) is 32.1 Å². The molecule has 1 N–H and O–H groups in total. The molecule has 0 unspecified atom stereocenters. The van der Waals surface area contributed by atoms with Crippen molar-refractivity contribution in [3.8, 4) is 6.07 Å². The van der Waals surface area contributed by atoms with Crippen LogP contribution in [0.4, 0.5) is 0 Å². The highest BCUT2D eigenvalue weighted by atomic mass is 32.1. The standard InChI is InChI=1S/C13H11N3OS/c1-6-5-16-11(9(6)4-14)15-12(17)10-7(2)8(3)18-13(10)16/h5H,1-3H3,(H,15,17). The lowest BCUT2D eigenvalue weighted by Crippen LogP contribution is -2.09. The van der Waals surface area contributed by atoms with Gasteiger partial charge in [0.1, 0.15) is 16.5 Å². The molecule has 18 heavy (non-hydrogen) atoms. The number of nitriles is 1. The predicted molar refractivity (Wildman–Crippen MR) is 72.3 cm³/mol. The van der Waals surface area contributed by atoms with E-state index < -0.39 is 0 Å². The number of nitrogens with one attached hydrogen (secondary N) is 1. The minimum absolute atomic E-state index is 0.117. The summed E-state index contributed by atoms with van der Waals surface area (Å²) in [5.41, 5.74) is 2.91. The van der Waals surface area contributed by atoms with Crippen LogP contribution in [0.1, 0.15) is 21.6 Å². The molecule has 0 saturated carbocycles. The van der Waals surface area contributed by atoms with Crippen molar-refractivity contribution < 1.29 is 0 Å². The SMILES string of the molecule is Cc1cn2c([nH]c(=O)c3c(C)c(C)sc32)c1C#N. The summed E-state index contributed by atoms with van der Waals surface area (Å²) in [6, 6.07) is 2.15. The second-order valence-corrected chi connectivity index (χ2v) is 5.64. The molecule has 3 aromatic rings. The fraction of sp³-hybridized carbons (Fsp3) is 0.231. The molecule has 90 valence electrons. The third kappa shape index (κ3) is 1.21. The number of aromatic nitrogens is 2. The van der Waals surface area contributed by atoms with Crippen molar-refractivity contribution in [2.75, 3.05) is 0 Å². The normalized spacial score (nSPS) is 11.2. The average molecular weight is 257 g/mol. The van der Waals surface area contributed by atoms with E-state index in [1.165, 1.54) is 0 Å². The number of nitrogens with zero attached hydrogens (tertiary/aromatic N) is 2. The zero-order chi connectivity index (χ0) is 13.0. The van der Waals surface area contributed by atoms with Crippen molar-refractivity contribution in [1.29, 1.82) is 5.26 Å². The van der Waals surface area contributed by atoms with Crippen molar-refractivity contribution in [3.05, 3.63) is 38.1 Å². The van der Waals surface area contributed by atoms with E-state index in [-0.39, 0.29) is 5.56 Å². The van der Waals surface area contributed by atoms with Gasteiger partial charge < -0.3 is 4.98 Å². The van der Waals surface area contributed by atoms with Gasteiger partial charge in [0, 0.05) is 11.1 Å². The van der Waals surface area contributed by atoms with Gasteiger partial charge in [-0.15, -0.1) is 11.3 Å². The number of hydrogen-bond acceptors (Lipinski definition) is 3. The second-order valence-electron chi connectivity index (χ2n) is 4.44. The summed E-state index contributed by atoms with van der Waals surface area (Å²) in [6.07, 6.45) is 1.90. The maximum atomic E-state index is 12.1. The third-order valence-electron chi connectivity index (χ3n) is 3.35. The van der Waals surface area contributed by atoms with Gasteiger partial charge in [-0.2, -0.15) is 5.26 Å². The van der Waals surface area contributed by atoms with Crippen LogP contribution in [-0.4, -0.2) is 9.38 Å². The molecule has 0 aliphatic heterocycles. The molecule has 0 atom stereocenters. The number of thiophene rings is 1. The summed E-state index contributed by atoms with van der Waals surface area (Å²) in [5.74, 6) is 0. The Kier molecular flexibility index (Phi) is 2.13. The van der Waals surface area contributed by atoms with Crippen LogP contribution in [0.3, 0.4) is 0 Å². The van der Waals surface area contributed by atoms with E-state index in [4.69, 9.17) is 5.26 Å². The Balaban J connectivity index is 2.69. The third-order valence-corrected chi connectivity index (χ3v) is 4.56. The molecule has 3 rings (SSSR count). The highest BCUT2D eigenvalue weighted by molar-refractivity contribution is 7.18. The number of H-pyrrole nitrogens is 1. The van der Waals surface area contributed by atoms with E-state index in [9.17, 15) is 4.79 Å².